The summed E-state index contributed by atoms with van der Waals surface area (Å²) in [5.41, 5.74) is 1.66. The summed E-state index contributed by atoms with van der Waals surface area (Å²) in [5.74, 6) is -1.50. The molecule has 1 heterocycles. The Balaban J connectivity index is 2.07. The van der Waals surface area contributed by atoms with E-state index in [1.165, 1.54) is 12.1 Å². The first kappa shape index (κ1) is 14.2. The summed E-state index contributed by atoms with van der Waals surface area (Å²) in [7, 11) is 0. The molecule has 1 aromatic heterocycles. The van der Waals surface area contributed by atoms with E-state index in [1.54, 1.807) is 19.1 Å². The lowest BCUT2D eigenvalue weighted by atomic mass is 10.1. The Morgan fingerprint density at radius 2 is 2.05 bits per heavy atom. The van der Waals surface area contributed by atoms with Crippen LogP contribution in [0.3, 0.4) is 0 Å². The second kappa shape index (κ2) is 6.32. The minimum atomic E-state index is -0.621. The van der Waals surface area contributed by atoms with Crippen molar-refractivity contribution in [3.05, 3.63) is 47.7 Å². The highest BCUT2D eigenvalue weighted by atomic mass is 19.1. The van der Waals surface area contributed by atoms with Crippen LogP contribution >= 0.6 is 0 Å². The van der Waals surface area contributed by atoms with Crippen LogP contribution in [-0.4, -0.2) is 17.6 Å². The van der Waals surface area contributed by atoms with E-state index in [1.807, 2.05) is 0 Å². The molecule has 0 aliphatic carbocycles. The van der Waals surface area contributed by atoms with Gasteiger partial charge in [-0.2, -0.15) is 0 Å². The van der Waals surface area contributed by atoms with Gasteiger partial charge in [0.25, 0.3) is 0 Å². The van der Waals surface area contributed by atoms with E-state index in [9.17, 15) is 13.6 Å². The number of benzene rings is 1. The fourth-order valence-electron chi connectivity index (χ4n) is 1.92. The first-order valence-corrected chi connectivity index (χ1v) is 6.39. The molecule has 2 rings (SSSR count). The molecular formula is C15H15F2NO2. The second-order valence-corrected chi connectivity index (χ2v) is 4.33. The summed E-state index contributed by atoms with van der Waals surface area (Å²) in [6, 6.07) is 6.91. The number of halogens is 2. The molecule has 0 atom stereocenters. The number of esters is 1. The molecule has 3 nitrogen and oxygen atoms in total. The van der Waals surface area contributed by atoms with E-state index in [0.717, 1.165) is 11.8 Å². The van der Waals surface area contributed by atoms with Crippen molar-refractivity contribution in [3.63, 3.8) is 0 Å². The van der Waals surface area contributed by atoms with Crippen LogP contribution in [0.15, 0.2) is 30.3 Å². The number of nitrogens with one attached hydrogen (secondary N) is 1. The van der Waals surface area contributed by atoms with Crippen molar-refractivity contribution >= 4 is 5.97 Å². The van der Waals surface area contributed by atoms with Crippen molar-refractivity contribution in [2.45, 2.75) is 19.8 Å². The summed E-state index contributed by atoms with van der Waals surface area (Å²) in [5, 5.41) is 0. The van der Waals surface area contributed by atoms with Crippen LogP contribution in [0.4, 0.5) is 8.78 Å². The molecule has 0 saturated carbocycles. The van der Waals surface area contributed by atoms with Gasteiger partial charge in [-0.15, -0.1) is 0 Å². The van der Waals surface area contributed by atoms with Gasteiger partial charge in [0.15, 0.2) is 0 Å². The van der Waals surface area contributed by atoms with Gasteiger partial charge >= 0.3 is 5.97 Å². The Bertz CT molecular complexity index is 608. The molecular weight excluding hydrogens is 264 g/mol. The van der Waals surface area contributed by atoms with E-state index in [0.29, 0.717) is 24.3 Å². The summed E-state index contributed by atoms with van der Waals surface area (Å²) in [4.78, 5) is 14.3. The largest absolute Gasteiger partial charge is 0.466 e. The van der Waals surface area contributed by atoms with Crippen LogP contribution in [-0.2, 0) is 16.0 Å². The predicted molar refractivity (Wildman–Crippen MR) is 71.1 cm³/mol. The van der Waals surface area contributed by atoms with Gasteiger partial charge in [0.05, 0.1) is 13.0 Å². The summed E-state index contributed by atoms with van der Waals surface area (Å²) >= 11 is 0. The molecule has 0 fully saturated rings. The molecule has 20 heavy (non-hydrogen) atoms. The van der Waals surface area contributed by atoms with Crippen LogP contribution in [0.2, 0.25) is 0 Å². The monoisotopic (exact) mass is 279 g/mol. The number of hydrogen-bond donors (Lipinski definition) is 1. The third-order valence-electron chi connectivity index (χ3n) is 2.87. The third-order valence-corrected chi connectivity index (χ3v) is 2.87. The lowest BCUT2D eigenvalue weighted by molar-refractivity contribution is -0.143. The number of ether oxygens (including phenoxy) is 1. The summed E-state index contributed by atoms with van der Waals surface area (Å²) in [6.07, 6.45) is 0.751. The van der Waals surface area contributed by atoms with Gasteiger partial charge in [0, 0.05) is 23.0 Å². The molecule has 0 unspecified atom stereocenters. The molecule has 0 spiro atoms. The number of rotatable bonds is 5. The summed E-state index contributed by atoms with van der Waals surface area (Å²) in [6.45, 7) is 2.11. The van der Waals surface area contributed by atoms with E-state index in [2.05, 4.69) is 4.98 Å². The number of aromatic nitrogens is 1. The number of hydrogen-bond acceptors (Lipinski definition) is 2. The SMILES string of the molecule is CCOC(=O)CCc1ccc(-c2ccc(F)cc2F)[nH]1. The quantitative estimate of drug-likeness (QED) is 0.852. The summed E-state index contributed by atoms with van der Waals surface area (Å²) < 4.78 is 31.3. The maximum Gasteiger partial charge on any atom is 0.306 e. The molecule has 1 aromatic carbocycles. The van der Waals surface area contributed by atoms with E-state index in [-0.39, 0.29) is 12.4 Å². The van der Waals surface area contributed by atoms with Gasteiger partial charge < -0.3 is 9.72 Å². The van der Waals surface area contributed by atoms with Crippen molar-refractivity contribution < 1.29 is 18.3 Å². The Morgan fingerprint density at radius 1 is 1.25 bits per heavy atom. The molecule has 5 heteroatoms. The highest BCUT2D eigenvalue weighted by Crippen LogP contribution is 2.23. The minimum Gasteiger partial charge on any atom is -0.466 e. The van der Waals surface area contributed by atoms with E-state index < -0.39 is 11.6 Å². The molecule has 1 N–H and O–H groups in total. The van der Waals surface area contributed by atoms with E-state index >= 15 is 0 Å². The highest BCUT2D eigenvalue weighted by Gasteiger charge is 2.09. The standard InChI is InChI=1S/C15H15F2NO2/c1-2-20-15(19)8-5-11-4-7-14(18-11)12-6-3-10(16)9-13(12)17/h3-4,6-7,9,18H,2,5,8H2,1H3. The second-order valence-electron chi connectivity index (χ2n) is 4.33. The van der Waals surface area contributed by atoms with Crippen molar-refractivity contribution in [2.75, 3.05) is 6.61 Å². The van der Waals surface area contributed by atoms with Crippen molar-refractivity contribution in [1.82, 2.24) is 4.98 Å². The van der Waals surface area contributed by atoms with Crippen LogP contribution in [0.5, 0.6) is 0 Å². The molecule has 0 amide bonds. The van der Waals surface area contributed by atoms with Crippen molar-refractivity contribution in [2.24, 2.45) is 0 Å². The fourth-order valence-corrected chi connectivity index (χ4v) is 1.92. The number of carbonyl (C=O) groups is 1. The topological polar surface area (TPSA) is 42.1 Å². The number of aryl methyl sites for hydroxylation is 1. The van der Waals surface area contributed by atoms with Crippen LogP contribution < -0.4 is 0 Å². The molecule has 0 bridgehead atoms. The average Bonchev–Trinajstić information content (AvgIpc) is 2.85. The maximum absolute atomic E-state index is 13.6. The lowest BCUT2D eigenvalue weighted by Gasteiger charge is -2.02. The molecule has 0 radical (unpaired) electrons. The third kappa shape index (κ3) is 3.44. The number of H-pyrrole nitrogens is 1. The predicted octanol–water partition coefficient (Wildman–Crippen LogP) is 3.46. The number of aromatic amines is 1. The molecule has 2 aromatic rings. The fraction of sp³-hybridized carbons (Fsp3) is 0.267. The molecule has 0 saturated heterocycles. The molecule has 0 aliphatic rings. The average molecular weight is 279 g/mol. The highest BCUT2D eigenvalue weighted by molar-refractivity contribution is 5.69. The van der Waals surface area contributed by atoms with Gasteiger partial charge in [-0.25, -0.2) is 8.78 Å². The zero-order chi connectivity index (χ0) is 14.5. The van der Waals surface area contributed by atoms with Gasteiger partial charge in [-0.1, -0.05) is 0 Å². The lowest BCUT2D eigenvalue weighted by Crippen LogP contribution is -2.05. The first-order chi connectivity index (χ1) is 9.60. The van der Waals surface area contributed by atoms with Gasteiger partial charge in [0.1, 0.15) is 11.6 Å². The zero-order valence-electron chi connectivity index (χ0n) is 11.1. The zero-order valence-corrected chi connectivity index (χ0v) is 11.1. The van der Waals surface area contributed by atoms with E-state index in [4.69, 9.17) is 4.74 Å². The van der Waals surface area contributed by atoms with Crippen LogP contribution in [0, 0.1) is 11.6 Å². The van der Waals surface area contributed by atoms with Gasteiger partial charge in [-0.05, 0) is 37.6 Å². The first-order valence-electron chi connectivity index (χ1n) is 6.39. The van der Waals surface area contributed by atoms with Gasteiger partial charge in [-0.3, -0.25) is 4.79 Å². The van der Waals surface area contributed by atoms with Crippen molar-refractivity contribution in [1.29, 1.82) is 0 Å². The number of carbonyl (C=O) groups excluding carboxylic acids is 1. The Labute approximate surface area is 115 Å². The maximum atomic E-state index is 13.6. The Morgan fingerprint density at radius 3 is 2.75 bits per heavy atom. The smallest absolute Gasteiger partial charge is 0.306 e. The molecule has 106 valence electrons. The van der Waals surface area contributed by atoms with Crippen LogP contribution in [0.1, 0.15) is 19.0 Å². The van der Waals surface area contributed by atoms with Gasteiger partial charge in [0.2, 0.25) is 0 Å². The van der Waals surface area contributed by atoms with Crippen molar-refractivity contribution in [3.8, 4) is 11.3 Å². The Hall–Kier alpha value is -2.17. The normalized spacial score (nSPS) is 10.6. The molecule has 0 aliphatic heterocycles. The minimum absolute atomic E-state index is 0.264. The Kier molecular flexibility index (Phi) is 4.50. The van der Waals surface area contributed by atoms with Crippen LogP contribution in [0.25, 0.3) is 11.3 Å².